The molecule has 0 aliphatic rings. The van der Waals surface area contributed by atoms with Crippen LogP contribution >= 0.6 is 0 Å². The highest BCUT2D eigenvalue weighted by Crippen LogP contribution is 2.24. The lowest BCUT2D eigenvalue weighted by atomic mass is 10.1. The molecule has 0 radical (unpaired) electrons. The Kier molecular flexibility index (Phi) is 11.6. The second kappa shape index (κ2) is 14.9. The summed E-state index contributed by atoms with van der Waals surface area (Å²) in [5.74, 6) is 1.73. The summed E-state index contributed by atoms with van der Waals surface area (Å²) in [5.41, 5.74) is 1.63. The number of hydrogen-bond acceptors (Lipinski definition) is 10. The van der Waals surface area contributed by atoms with Crippen LogP contribution < -0.4 is 30.7 Å². The lowest BCUT2D eigenvalue weighted by Crippen LogP contribution is -2.40. The quantitative estimate of drug-likeness (QED) is 0.162. The number of sulfonamides is 1. The van der Waals surface area contributed by atoms with Gasteiger partial charge in [0.05, 0.1) is 18.1 Å². The van der Waals surface area contributed by atoms with Crippen molar-refractivity contribution in [2.75, 3.05) is 57.1 Å². The standard InChI is InChI=1S/C28H41N7O4S/c1-21-20-31-27(33-22-9-11-24(12-10-22)39-18-15-30-14-17-38-16-13-29-5)34-26(21)32-23-7-6-8-25(19-23)40(36,37)35-28(2,3)4/h6-12,19-20,29-30,35H,13-18H2,1-5H3,(H2,31,32,33,34). The van der Waals surface area contributed by atoms with E-state index in [4.69, 9.17) is 9.47 Å². The van der Waals surface area contributed by atoms with Crippen LogP contribution in [-0.2, 0) is 14.8 Å². The predicted molar refractivity (Wildman–Crippen MR) is 159 cm³/mol. The second-order valence-corrected chi connectivity index (χ2v) is 11.9. The molecule has 0 saturated carbocycles. The summed E-state index contributed by atoms with van der Waals surface area (Å²) in [6.07, 6.45) is 1.70. The number of anilines is 4. The summed E-state index contributed by atoms with van der Waals surface area (Å²) in [6, 6.07) is 14.2. The van der Waals surface area contributed by atoms with Crippen LogP contribution in [0.1, 0.15) is 26.3 Å². The summed E-state index contributed by atoms with van der Waals surface area (Å²) < 4.78 is 39.4. The summed E-state index contributed by atoms with van der Waals surface area (Å²) in [7, 11) is -1.76. The Balaban J connectivity index is 1.54. The Morgan fingerprint density at radius 3 is 2.35 bits per heavy atom. The molecular formula is C28H41N7O4S. The lowest BCUT2D eigenvalue weighted by Gasteiger charge is -2.20. The average Bonchev–Trinajstić information content (AvgIpc) is 2.89. The van der Waals surface area contributed by atoms with Crippen molar-refractivity contribution in [1.82, 2.24) is 25.3 Å². The van der Waals surface area contributed by atoms with Gasteiger partial charge < -0.3 is 30.7 Å². The van der Waals surface area contributed by atoms with E-state index in [1.165, 1.54) is 0 Å². The number of nitrogens with zero attached hydrogens (tertiary/aromatic N) is 2. The maximum Gasteiger partial charge on any atom is 0.241 e. The summed E-state index contributed by atoms with van der Waals surface area (Å²) in [5, 5.41) is 12.7. The molecule has 0 amide bonds. The van der Waals surface area contributed by atoms with Gasteiger partial charge >= 0.3 is 0 Å². The molecular weight excluding hydrogens is 530 g/mol. The minimum Gasteiger partial charge on any atom is -0.492 e. The zero-order valence-electron chi connectivity index (χ0n) is 23.9. The molecule has 0 saturated heterocycles. The maximum absolute atomic E-state index is 12.7. The van der Waals surface area contributed by atoms with Crippen LogP contribution in [0, 0.1) is 6.92 Å². The lowest BCUT2D eigenvalue weighted by molar-refractivity contribution is 0.138. The van der Waals surface area contributed by atoms with Gasteiger partial charge in [-0.1, -0.05) is 6.07 Å². The molecule has 40 heavy (non-hydrogen) atoms. The van der Waals surface area contributed by atoms with E-state index in [1.54, 1.807) is 51.2 Å². The van der Waals surface area contributed by atoms with Crippen LogP contribution in [-0.4, -0.2) is 70.4 Å². The predicted octanol–water partition coefficient (Wildman–Crippen LogP) is 3.55. The van der Waals surface area contributed by atoms with Crippen molar-refractivity contribution in [2.24, 2.45) is 0 Å². The number of ether oxygens (including phenoxy) is 2. The third kappa shape index (κ3) is 10.7. The monoisotopic (exact) mass is 571 g/mol. The van der Waals surface area contributed by atoms with Crippen LogP contribution in [0.5, 0.6) is 5.75 Å². The molecule has 0 aliphatic heterocycles. The number of aromatic nitrogens is 2. The molecule has 1 aromatic heterocycles. The summed E-state index contributed by atoms with van der Waals surface area (Å²) in [6.45, 7) is 11.6. The third-order valence-corrected chi connectivity index (χ3v) is 7.15. The van der Waals surface area contributed by atoms with E-state index in [1.807, 2.05) is 38.2 Å². The van der Waals surface area contributed by atoms with E-state index in [2.05, 4.69) is 36.0 Å². The molecule has 0 aliphatic carbocycles. The minimum absolute atomic E-state index is 0.171. The van der Waals surface area contributed by atoms with Crippen LogP contribution in [0.15, 0.2) is 59.6 Å². The van der Waals surface area contributed by atoms with Crippen LogP contribution in [0.4, 0.5) is 23.1 Å². The Morgan fingerprint density at radius 1 is 0.900 bits per heavy atom. The Hall–Kier alpha value is -3.29. The van der Waals surface area contributed by atoms with E-state index in [0.717, 1.165) is 36.6 Å². The number of hydrogen-bond donors (Lipinski definition) is 5. The Morgan fingerprint density at radius 2 is 1.62 bits per heavy atom. The van der Waals surface area contributed by atoms with Gasteiger partial charge in [0, 0.05) is 48.3 Å². The van der Waals surface area contributed by atoms with Gasteiger partial charge in [0.15, 0.2) is 0 Å². The molecule has 0 bridgehead atoms. The van der Waals surface area contributed by atoms with Gasteiger partial charge in [-0.05, 0) is 77.2 Å². The zero-order chi connectivity index (χ0) is 29.0. The molecule has 5 N–H and O–H groups in total. The first-order valence-corrected chi connectivity index (χ1v) is 14.7. The highest BCUT2D eigenvalue weighted by Gasteiger charge is 2.22. The number of benzene rings is 2. The van der Waals surface area contributed by atoms with Gasteiger partial charge in [-0.2, -0.15) is 4.98 Å². The largest absolute Gasteiger partial charge is 0.492 e. The van der Waals surface area contributed by atoms with Crippen LogP contribution in [0.2, 0.25) is 0 Å². The fraction of sp³-hybridized carbons (Fsp3) is 0.429. The van der Waals surface area contributed by atoms with E-state index < -0.39 is 15.6 Å². The van der Waals surface area contributed by atoms with E-state index in [9.17, 15) is 8.42 Å². The zero-order valence-corrected chi connectivity index (χ0v) is 24.7. The van der Waals surface area contributed by atoms with E-state index >= 15 is 0 Å². The first kappa shape index (κ1) is 31.2. The smallest absolute Gasteiger partial charge is 0.241 e. The Bertz CT molecular complexity index is 1310. The van der Waals surface area contributed by atoms with Crippen molar-refractivity contribution < 1.29 is 17.9 Å². The first-order chi connectivity index (χ1) is 19.1. The molecule has 0 fully saturated rings. The van der Waals surface area contributed by atoms with Gasteiger partial charge in [0.1, 0.15) is 18.2 Å². The summed E-state index contributed by atoms with van der Waals surface area (Å²) in [4.78, 5) is 9.13. The third-order valence-electron chi connectivity index (χ3n) is 5.40. The van der Waals surface area contributed by atoms with Crippen molar-refractivity contribution in [3.05, 3.63) is 60.3 Å². The maximum atomic E-state index is 12.7. The molecule has 0 atom stereocenters. The number of nitrogens with one attached hydrogen (secondary N) is 5. The molecule has 0 unspecified atom stereocenters. The molecule has 3 aromatic rings. The van der Waals surface area contributed by atoms with Crippen molar-refractivity contribution in [3.63, 3.8) is 0 Å². The average molecular weight is 572 g/mol. The molecule has 218 valence electrons. The van der Waals surface area contributed by atoms with Gasteiger partial charge in [-0.3, -0.25) is 0 Å². The van der Waals surface area contributed by atoms with Gasteiger partial charge in [-0.15, -0.1) is 0 Å². The Labute approximate surface area is 237 Å². The van der Waals surface area contributed by atoms with Gasteiger partial charge in [-0.25, -0.2) is 18.1 Å². The highest BCUT2D eigenvalue weighted by molar-refractivity contribution is 7.89. The topological polar surface area (TPSA) is 139 Å². The van der Waals surface area contributed by atoms with Gasteiger partial charge in [0.25, 0.3) is 0 Å². The molecule has 0 spiro atoms. The van der Waals surface area contributed by atoms with E-state index in [0.29, 0.717) is 37.3 Å². The minimum atomic E-state index is -3.67. The number of likely N-dealkylation sites (N-methyl/N-ethyl adjacent to an activating group) is 1. The second-order valence-electron chi connectivity index (χ2n) is 10.2. The molecule has 12 heteroatoms. The van der Waals surface area contributed by atoms with Crippen LogP contribution in [0.25, 0.3) is 0 Å². The van der Waals surface area contributed by atoms with Crippen molar-refractivity contribution in [1.29, 1.82) is 0 Å². The number of aryl methyl sites for hydroxylation is 1. The molecule has 3 rings (SSSR count). The molecule has 2 aromatic carbocycles. The fourth-order valence-corrected chi connectivity index (χ4v) is 4.98. The SMILES string of the molecule is CNCCOCCNCCOc1ccc(Nc2ncc(C)c(Nc3cccc(S(=O)(=O)NC(C)(C)C)c3)n2)cc1. The first-order valence-electron chi connectivity index (χ1n) is 13.2. The molecule has 11 nitrogen and oxygen atoms in total. The number of rotatable bonds is 16. The van der Waals surface area contributed by atoms with Crippen LogP contribution in [0.3, 0.4) is 0 Å². The fourth-order valence-electron chi connectivity index (χ4n) is 3.52. The summed E-state index contributed by atoms with van der Waals surface area (Å²) >= 11 is 0. The molecule has 1 heterocycles. The normalized spacial score (nSPS) is 11.8. The van der Waals surface area contributed by atoms with Crippen molar-refractivity contribution in [2.45, 2.75) is 38.1 Å². The van der Waals surface area contributed by atoms with E-state index in [-0.39, 0.29) is 4.90 Å². The highest BCUT2D eigenvalue weighted by atomic mass is 32.2. The van der Waals surface area contributed by atoms with Crippen molar-refractivity contribution >= 4 is 33.2 Å². The van der Waals surface area contributed by atoms with Crippen molar-refractivity contribution in [3.8, 4) is 5.75 Å². The van der Waals surface area contributed by atoms with Gasteiger partial charge in [0.2, 0.25) is 16.0 Å².